The van der Waals surface area contributed by atoms with Crippen LogP contribution in [0.25, 0.3) is 11.2 Å². The molecular weight excluding hydrogens is 360 g/mol. The lowest BCUT2D eigenvalue weighted by Crippen LogP contribution is -2.29. The highest BCUT2D eigenvalue weighted by Crippen LogP contribution is 2.27. The molecule has 3 aromatic rings. The zero-order chi connectivity index (χ0) is 18.0. The number of rotatable bonds is 5. The van der Waals surface area contributed by atoms with Crippen LogP contribution in [0.5, 0.6) is 0 Å². The van der Waals surface area contributed by atoms with Crippen molar-refractivity contribution in [1.82, 2.24) is 19.1 Å². The number of nitrogens with zero attached hydrogens (tertiary/aromatic N) is 3. The SMILES string of the molecule is CC=CCn1c(SCc2ccccc2Cl)nc2c1c(=O)[nH]c(=O)n2C. The third-order valence-corrected chi connectivity index (χ3v) is 5.20. The van der Waals surface area contributed by atoms with Crippen LogP contribution in [0.2, 0.25) is 5.02 Å². The predicted molar refractivity (Wildman–Crippen MR) is 101 cm³/mol. The van der Waals surface area contributed by atoms with Gasteiger partial charge >= 0.3 is 5.69 Å². The molecule has 2 heterocycles. The molecule has 0 amide bonds. The van der Waals surface area contributed by atoms with E-state index in [1.165, 1.54) is 16.3 Å². The number of imidazole rings is 1. The van der Waals surface area contributed by atoms with Crippen molar-refractivity contribution in [2.24, 2.45) is 7.05 Å². The summed E-state index contributed by atoms with van der Waals surface area (Å²) in [7, 11) is 1.59. The first-order valence-corrected chi connectivity index (χ1v) is 9.06. The molecule has 0 unspecified atom stereocenters. The summed E-state index contributed by atoms with van der Waals surface area (Å²) in [5.74, 6) is 0.616. The number of aromatic nitrogens is 4. The van der Waals surface area contributed by atoms with Crippen molar-refractivity contribution in [1.29, 1.82) is 0 Å². The van der Waals surface area contributed by atoms with Crippen molar-refractivity contribution in [2.75, 3.05) is 0 Å². The second-order valence-corrected chi connectivity index (χ2v) is 6.79. The topological polar surface area (TPSA) is 72.7 Å². The number of H-pyrrole nitrogens is 1. The maximum Gasteiger partial charge on any atom is 0.329 e. The van der Waals surface area contributed by atoms with Crippen LogP contribution in [0, 0.1) is 0 Å². The molecule has 0 fully saturated rings. The third-order valence-electron chi connectivity index (χ3n) is 3.81. The number of nitrogens with one attached hydrogen (secondary N) is 1. The molecule has 0 saturated carbocycles. The largest absolute Gasteiger partial charge is 0.329 e. The van der Waals surface area contributed by atoms with Gasteiger partial charge in [0.1, 0.15) is 0 Å². The highest BCUT2D eigenvalue weighted by molar-refractivity contribution is 7.98. The number of hydrogen-bond donors (Lipinski definition) is 1. The molecule has 1 aromatic carbocycles. The van der Waals surface area contributed by atoms with E-state index in [-0.39, 0.29) is 0 Å². The maximum atomic E-state index is 12.3. The van der Waals surface area contributed by atoms with E-state index >= 15 is 0 Å². The first-order valence-electron chi connectivity index (χ1n) is 7.69. The minimum Gasteiger partial charge on any atom is -0.309 e. The van der Waals surface area contributed by atoms with Crippen LogP contribution in [-0.4, -0.2) is 19.1 Å². The van der Waals surface area contributed by atoms with Crippen LogP contribution in [0.3, 0.4) is 0 Å². The molecule has 2 aromatic heterocycles. The summed E-state index contributed by atoms with van der Waals surface area (Å²) in [6.45, 7) is 2.41. The Morgan fingerprint density at radius 2 is 2.08 bits per heavy atom. The number of halogens is 1. The van der Waals surface area contributed by atoms with Gasteiger partial charge in [-0.05, 0) is 18.6 Å². The van der Waals surface area contributed by atoms with Crippen molar-refractivity contribution in [3.63, 3.8) is 0 Å². The molecule has 0 radical (unpaired) electrons. The zero-order valence-corrected chi connectivity index (χ0v) is 15.4. The molecule has 0 saturated heterocycles. The highest BCUT2D eigenvalue weighted by Gasteiger charge is 2.17. The van der Waals surface area contributed by atoms with Gasteiger partial charge < -0.3 is 4.57 Å². The Labute approximate surface area is 153 Å². The van der Waals surface area contributed by atoms with Crippen LogP contribution < -0.4 is 11.2 Å². The Bertz CT molecular complexity index is 1060. The summed E-state index contributed by atoms with van der Waals surface area (Å²) in [5.41, 5.74) is 0.846. The quantitative estimate of drug-likeness (QED) is 0.549. The number of benzene rings is 1. The molecule has 8 heteroatoms. The second-order valence-electron chi connectivity index (χ2n) is 5.44. The molecule has 0 aliphatic rings. The molecule has 3 rings (SSSR count). The first-order chi connectivity index (χ1) is 12.0. The molecule has 0 aliphatic carbocycles. The molecular formula is C17H17ClN4O2S. The fraction of sp³-hybridized carbons (Fsp3) is 0.235. The van der Waals surface area contributed by atoms with Crippen LogP contribution >= 0.6 is 23.4 Å². The average Bonchev–Trinajstić information content (AvgIpc) is 2.96. The molecule has 0 aliphatic heterocycles. The van der Waals surface area contributed by atoms with Crippen molar-refractivity contribution >= 4 is 34.5 Å². The lowest BCUT2D eigenvalue weighted by molar-refractivity contribution is 0.743. The smallest absolute Gasteiger partial charge is 0.309 e. The molecule has 1 N–H and O–H groups in total. The van der Waals surface area contributed by atoms with E-state index in [0.717, 1.165) is 5.56 Å². The fourth-order valence-corrected chi connectivity index (χ4v) is 3.75. The minimum absolute atomic E-state index is 0.375. The molecule has 0 atom stereocenters. The van der Waals surface area contributed by atoms with Gasteiger partial charge in [0.05, 0.1) is 0 Å². The summed E-state index contributed by atoms with van der Waals surface area (Å²) in [4.78, 5) is 31.0. The monoisotopic (exact) mass is 376 g/mol. The molecule has 130 valence electrons. The Kier molecular flexibility index (Phi) is 5.15. The van der Waals surface area contributed by atoms with E-state index in [2.05, 4.69) is 9.97 Å². The van der Waals surface area contributed by atoms with E-state index in [9.17, 15) is 9.59 Å². The lowest BCUT2D eigenvalue weighted by atomic mass is 10.2. The van der Waals surface area contributed by atoms with Gasteiger partial charge in [-0.2, -0.15) is 0 Å². The summed E-state index contributed by atoms with van der Waals surface area (Å²) in [6, 6.07) is 7.61. The van der Waals surface area contributed by atoms with Crippen LogP contribution in [0.4, 0.5) is 0 Å². The minimum atomic E-state index is -0.476. The summed E-state index contributed by atoms with van der Waals surface area (Å²) >= 11 is 7.69. The number of allylic oxidation sites excluding steroid dienone is 2. The Morgan fingerprint density at radius 1 is 1.32 bits per heavy atom. The second kappa shape index (κ2) is 7.33. The standard InChI is InChI=1S/C17H17ClN4O2S/c1-3-4-9-22-13-14(21(2)16(24)20-15(13)23)19-17(22)25-10-11-7-5-6-8-12(11)18/h3-8H,9-10H2,1-2H3,(H,20,23,24). The summed E-state index contributed by atoms with van der Waals surface area (Å²) in [6.07, 6.45) is 3.84. The average molecular weight is 377 g/mol. The van der Waals surface area contributed by atoms with E-state index in [1.54, 1.807) is 7.05 Å². The number of aryl methyl sites for hydroxylation is 1. The number of hydrogen-bond acceptors (Lipinski definition) is 4. The molecule has 25 heavy (non-hydrogen) atoms. The van der Waals surface area contributed by atoms with Gasteiger partial charge in [-0.1, -0.05) is 53.7 Å². The van der Waals surface area contributed by atoms with Gasteiger partial charge in [0.25, 0.3) is 5.56 Å². The highest BCUT2D eigenvalue weighted by atomic mass is 35.5. The number of aromatic amines is 1. The van der Waals surface area contributed by atoms with E-state index < -0.39 is 11.2 Å². The van der Waals surface area contributed by atoms with Gasteiger partial charge in [0.15, 0.2) is 16.3 Å². The van der Waals surface area contributed by atoms with Crippen LogP contribution in [-0.2, 0) is 19.3 Å². The Balaban J connectivity index is 2.09. The normalized spacial score (nSPS) is 11.6. The summed E-state index contributed by atoms with van der Waals surface area (Å²) < 4.78 is 3.16. The van der Waals surface area contributed by atoms with Crippen molar-refractivity contribution in [3.05, 3.63) is 67.8 Å². The van der Waals surface area contributed by atoms with Gasteiger partial charge in [-0.25, -0.2) is 9.78 Å². The zero-order valence-electron chi connectivity index (χ0n) is 13.8. The third kappa shape index (κ3) is 3.43. The first kappa shape index (κ1) is 17.6. The lowest BCUT2D eigenvalue weighted by Gasteiger charge is -2.06. The van der Waals surface area contributed by atoms with Gasteiger partial charge in [-0.3, -0.25) is 14.3 Å². The Morgan fingerprint density at radius 3 is 2.80 bits per heavy atom. The summed E-state index contributed by atoms with van der Waals surface area (Å²) in [5, 5.41) is 1.36. The predicted octanol–water partition coefficient (Wildman–Crippen LogP) is 2.95. The van der Waals surface area contributed by atoms with Crippen molar-refractivity contribution in [3.8, 4) is 0 Å². The molecule has 0 bridgehead atoms. The van der Waals surface area contributed by atoms with E-state index in [1.807, 2.05) is 47.9 Å². The fourth-order valence-electron chi connectivity index (χ4n) is 2.46. The van der Waals surface area contributed by atoms with Crippen molar-refractivity contribution in [2.45, 2.75) is 24.4 Å². The maximum absolute atomic E-state index is 12.3. The van der Waals surface area contributed by atoms with Crippen molar-refractivity contribution < 1.29 is 0 Å². The molecule has 0 spiro atoms. The van der Waals surface area contributed by atoms with E-state index in [0.29, 0.717) is 33.6 Å². The Hall–Kier alpha value is -2.25. The van der Waals surface area contributed by atoms with Crippen LogP contribution in [0.15, 0.2) is 51.2 Å². The van der Waals surface area contributed by atoms with E-state index in [4.69, 9.17) is 11.6 Å². The molecule has 6 nitrogen and oxygen atoms in total. The number of thioether (sulfide) groups is 1. The van der Waals surface area contributed by atoms with Crippen LogP contribution in [0.1, 0.15) is 12.5 Å². The number of fused-ring (bicyclic) bond motifs is 1. The van der Waals surface area contributed by atoms with Gasteiger partial charge in [0.2, 0.25) is 0 Å². The van der Waals surface area contributed by atoms with Gasteiger partial charge in [0, 0.05) is 24.4 Å². The van der Waals surface area contributed by atoms with Gasteiger partial charge in [-0.15, -0.1) is 0 Å².